The van der Waals surface area contributed by atoms with Crippen LogP contribution in [0.4, 0.5) is 5.69 Å². The third kappa shape index (κ3) is 3.53. The van der Waals surface area contributed by atoms with E-state index in [1.807, 2.05) is 45.2 Å². The van der Waals surface area contributed by atoms with Crippen molar-refractivity contribution in [3.63, 3.8) is 0 Å². The minimum Gasteiger partial charge on any atom is -0.311 e. The molecular weight excluding hydrogens is 402 g/mol. The third-order valence-corrected chi connectivity index (χ3v) is 7.48. The topological polar surface area (TPSA) is 55.2 Å². The highest BCUT2D eigenvalue weighted by molar-refractivity contribution is 8.00. The number of benzene rings is 1. The molecule has 1 aliphatic carbocycles. The average molecular weight is 424 g/mol. The summed E-state index contributed by atoms with van der Waals surface area (Å²) in [6.45, 7) is 1.31. The number of hydrogen-bond acceptors (Lipinski definition) is 5. The van der Waals surface area contributed by atoms with E-state index in [0.29, 0.717) is 12.3 Å². The summed E-state index contributed by atoms with van der Waals surface area (Å²) in [7, 11) is 0. The molecular formula is C22H21N3O2S2. The normalized spacial score (nSPS) is 14.8. The quantitative estimate of drug-likeness (QED) is 0.465. The van der Waals surface area contributed by atoms with Crippen LogP contribution in [0.5, 0.6) is 0 Å². The van der Waals surface area contributed by atoms with Crippen LogP contribution in [0.1, 0.15) is 28.1 Å². The zero-order valence-electron chi connectivity index (χ0n) is 16.0. The van der Waals surface area contributed by atoms with Crippen LogP contribution in [-0.4, -0.2) is 27.8 Å². The van der Waals surface area contributed by atoms with Gasteiger partial charge in [-0.3, -0.25) is 9.36 Å². The fourth-order valence-electron chi connectivity index (χ4n) is 4.23. The minimum absolute atomic E-state index is 0.0799. The average Bonchev–Trinajstić information content (AvgIpc) is 3.48. The van der Waals surface area contributed by atoms with Crippen LogP contribution in [-0.2, 0) is 30.6 Å². The maximum Gasteiger partial charge on any atom is 0.349 e. The number of hydrogen-bond donors (Lipinski definition) is 0. The monoisotopic (exact) mass is 423 g/mol. The molecule has 0 N–H and O–H groups in total. The first kappa shape index (κ1) is 18.6. The van der Waals surface area contributed by atoms with Gasteiger partial charge in [0.1, 0.15) is 5.03 Å². The van der Waals surface area contributed by atoms with Crippen molar-refractivity contribution in [3.8, 4) is 0 Å². The Morgan fingerprint density at radius 2 is 2.03 bits per heavy atom. The van der Waals surface area contributed by atoms with E-state index in [1.54, 1.807) is 11.3 Å². The summed E-state index contributed by atoms with van der Waals surface area (Å²) >= 11 is 3.07. The van der Waals surface area contributed by atoms with Crippen molar-refractivity contribution in [1.29, 1.82) is 0 Å². The van der Waals surface area contributed by atoms with Gasteiger partial charge in [-0.1, -0.05) is 36.0 Å². The van der Waals surface area contributed by atoms with Gasteiger partial charge >= 0.3 is 5.69 Å². The first-order valence-electron chi connectivity index (χ1n) is 9.87. The van der Waals surface area contributed by atoms with E-state index >= 15 is 0 Å². The van der Waals surface area contributed by atoms with Crippen molar-refractivity contribution >= 4 is 34.7 Å². The third-order valence-electron chi connectivity index (χ3n) is 5.62. The molecule has 5 nitrogen and oxygen atoms in total. The van der Waals surface area contributed by atoms with Crippen LogP contribution in [0.15, 0.2) is 51.6 Å². The van der Waals surface area contributed by atoms with Crippen molar-refractivity contribution in [3.05, 3.63) is 74.0 Å². The number of thioether (sulfide) groups is 1. The molecule has 0 spiro atoms. The second-order valence-corrected chi connectivity index (χ2v) is 9.35. The van der Waals surface area contributed by atoms with E-state index in [0.717, 1.165) is 59.1 Å². The zero-order valence-corrected chi connectivity index (χ0v) is 17.6. The number of anilines is 1. The Bertz CT molecular complexity index is 1120. The van der Waals surface area contributed by atoms with E-state index in [2.05, 4.69) is 11.1 Å². The van der Waals surface area contributed by atoms with Crippen LogP contribution < -0.4 is 10.6 Å². The lowest BCUT2D eigenvalue weighted by Crippen LogP contribution is -2.31. The number of amides is 1. The molecule has 7 heteroatoms. The molecule has 0 saturated heterocycles. The number of para-hydroxylation sites is 1. The number of thiophene rings is 1. The van der Waals surface area contributed by atoms with E-state index in [9.17, 15) is 9.59 Å². The summed E-state index contributed by atoms with van der Waals surface area (Å²) in [6, 6.07) is 12.1. The molecule has 0 fully saturated rings. The number of aromatic nitrogens is 2. The molecule has 3 heterocycles. The number of carbonyl (C=O) groups excluding carboxylic acids is 1. The van der Waals surface area contributed by atoms with Crippen molar-refractivity contribution in [1.82, 2.24) is 9.55 Å². The summed E-state index contributed by atoms with van der Waals surface area (Å²) in [5.74, 6) is 0.388. The second kappa shape index (κ2) is 7.80. The molecule has 3 aromatic rings. The smallest absolute Gasteiger partial charge is 0.311 e. The van der Waals surface area contributed by atoms with Gasteiger partial charge in [0, 0.05) is 28.4 Å². The molecule has 29 heavy (non-hydrogen) atoms. The van der Waals surface area contributed by atoms with Crippen LogP contribution in [0.3, 0.4) is 0 Å². The summed E-state index contributed by atoms with van der Waals surface area (Å²) in [4.78, 5) is 33.0. The van der Waals surface area contributed by atoms with E-state index in [1.165, 1.54) is 17.3 Å². The van der Waals surface area contributed by atoms with Gasteiger partial charge in [-0.25, -0.2) is 4.79 Å². The van der Waals surface area contributed by atoms with E-state index < -0.39 is 0 Å². The largest absolute Gasteiger partial charge is 0.349 e. The SMILES string of the molecule is O=C(CSc1nc(=O)n(Cc2cccs2)c2c1CCC2)N1CCc2ccccc21. The highest BCUT2D eigenvalue weighted by Gasteiger charge is 2.26. The lowest BCUT2D eigenvalue weighted by molar-refractivity contribution is -0.116. The number of fused-ring (bicyclic) bond motifs is 2. The summed E-state index contributed by atoms with van der Waals surface area (Å²) in [5, 5.41) is 2.77. The van der Waals surface area contributed by atoms with Gasteiger partial charge in [0.2, 0.25) is 5.91 Å². The van der Waals surface area contributed by atoms with Gasteiger partial charge in [0.15, 0.2) is 0 Å². The molecule has 0 atom stereocenters. The van der Waals surface area contributed by atoms with Crippen molar-refractivity contribution in [2.24, 2.45) is 0 Å². The van der Waals surface area contributed by atoms with Crippen LogP contribution >= 0.6 is 23.1 Å². The molecule has 0 unspecified atom stereocenters. The zero-order chi connectivity index (χ0) is 19.8. The fourth-order valence-corrected chi connectivity index (χ4v) is 5.88. The van der Waals surface area contributed by atoms with E-state index in [-0.39, 0.29) is 11.6 Å². The molecule has 148 valence electrons. The molecule has 5 rings (SSSR count). The summed E-state index contributed by atoms with van der Waals surface area (Å²) < 4.78 is 1.82. The van der Waals surface area contributed by atoms with Crippen molar-refractivity contribution in [2.45, 2.75) is 37.3 Å². The highest BCUT2D eigenvalue weighted by atomic mass is 32.2. The number of nitrogens with zero attached hydrogens (tertiary/aromatic N) is 3. The molecule has 1 aromatic carbocycles. The standard InChI is InChI=1S/C22H21N3O2S2/c26-20(24-11-10-15-5-1-2-8-18(15)24)14-29-21-17-7-3-9-19(17)25(22(27)23-21)13-16-6-4-12-28-16/h1-2,4-6,8,12H,3,7,9-11,13-14H2. The van der Waals surface area contributed by atoms with E-state index in [4.69, 9.17) is 0 Å². The maximum atomic E-state index is 12.8. The molecule has 1 aliphatic heterocycles. The van der Waals surface area contributed by atoms with Crippen molar-refractivity contribution in [2.75, 3.05) is 17.2 Å². The Morgan fingerprint density at radius 1 is 1.14 bits per heavy atom. The Kier molecular flexibility index (Phi) is 5.01. The van der Waals surface area contributed by atoms with Gasteiger partial charge in [-0.15, -0.1) is 11.3 Å². The molecule has 0 radical (unpaired) electrons. The second-order valence-electron chi connectivity index (χ2n) is 7.36. The number of carbonyl (C=O) groups is 1. The van der Waals surface area contributed by atoms with Crippen LogP contribution in [0, 0.1) is 0 Å². The molecule has 1 amide bonds. The fraction of sp³-hybridized carbons (Fsp3) is 0.318. The van der Waals surface area contributed by atoms with Gasteiger partial charge < -0.3 is 4.90 Å². The summed E-state index contributed by atoms with van der Waals surface area (Å²) in [5.41, 5.74) is 4.28. The van der Waals surface area contributed by atoms with Crippen LogP contribution in [0.2, 0.25) is 0 Å². The lowest BCUT2D eigenvalue weighted by Gasteiger charge is -2.18. The van der Waals surface area contributed by atoms with Crippen molar-refractivity contribution < 1.29 is 4.79 Å². The molecule has 0 saturated carbocycles. The molecule has 2 aromatic heterocycles. The first-order valence-corrected chi connectivity index (χ1v) is 11.7. The Labute approximate surface area is 177 Å². The van der Waals surface area contributed by atoms with Gasteiger partial charge in [0.25, 0.3) is 0 Å². The predicted octanol–water partition coefficient (Wildman–Crippen LogP) is 3.52. The van der Waals surface area contributed by atoms with Gasteiger partial charge in [-0.05, 0) is 48.8 Å². The first-order chi connectivity index (χ1) is 14.2. The minimum atomic E-state index is -0.208. The Morgan fingerprint density at radius 3 is 2.90 bits per heavy atom. The highest BCUT2D eigenvalue weighted by Crippen LogP contribution is 2.32. The summed E-state index contributed by atoms with van der Waals surface area (Å²) in [6.07, 6.45) is 3.76. The Balaban J connectivity index is 1.36. The molecule has 2 aliphatic rings. The van der Waals surface area contributed by atoms with Gasteiger partial charge in [-0.2, -0.15) is 4.98 Å². The molecule has 0 bridgehead atoms. The maximum absolute atomic E-state index is 12.8. The van der Waals surface area contributed by atoms with Gasteiger partial charge in [0.05, 0.1) is 12.3 Å². The predicted molar refractivity (Wildman–Crippen MR) is 117 cm³/mol. The van der Waals surface area contributed by atoms with Crippen LogP contribution in [0.25, 0.3) is 0 Å². The number of rotatable bonds is 5. The Hall–Kier alpha value is -2.38. The lowest BCUT2D eigenvalue weighted by atomic mass is 10.2.